The zero-order valence-electron chi connectivity index (χ0n) is 11.3. The zero-order chi connectivity index (χ0) is 13.9. The van der Waals surface area contributed by atoms with E-state index in [2.05, 4.69) is 28.2 Å². The van der Waals surface area contributed by atoms with Gasteiger partial charge in [0, 0.05) is 10.2 Å². The second-order valence-corrected chi connectivity index (χ2v) is 6.44. The van der Waals surface area contributed by atoms with Crippen LogP contribution in [-0.2, 0) is 4.79 Å². The monoisotopic (exact) mass is 324 g/mol. The number of anilines is 1. The molecule has 1 saturated carbocycles. The number of para-hydroxylation sites is 1. The number of halogens is 1. The lowest BCUT2D eigenvalue weighted by molar-refractivity contribution is -0.122. The van der Waals surface area contributed by atoms with Gasteiger partial charge in [0.15, 0.2) is 0 Å². The second-order valence-electron chi connectivity index (χ2n) is 5.59. The summed E-state index contributed by atoms with van der Waals surface area (Å²) in [6, 6.07) is 7.86. The fourth-order valence-corrected chi connectivity index (χ4v) is 3.15. The summed E-state index contributed by atoms with van der Waals surface area (Å²) in [6.45, 7) is 2.25. The molecule has 2 atom stereocenters. The van der Waals surface area contributed by atoms with Crippen LogP contribution in [0.4, 0.5) is 5.69 Å². The molecule has 0 aromatic heterocycles. The van der Waals surface area contributed by atoms with E-state index in [1.165, 1.54) is 6.42 Å². The van der Waals surface area contributed by atoms with Crippen LogP contribution in [0.3, 0.4) is 0 Å². The molecular weight excluding hydrogens is 304 g/mol. The van der Waals surface area contributed by atoms with Gasteiger partial charge in [-0.25, -0.2) is 0 Å². The average Bonchev–Trinajstić information content (AvgIpc) is 2.56. The molecule has 1 amide bonds. The van der Waals surface area contributed by atoms with E-state index in [0.717, 1.165) is 35.8 Å². The number of nitrogens with two attached hydrogens (primary N) is 1. The van der Waals surface area contributed by atoms with Crippen LogP contribution in [0.2, 0.25) is 0 Å². The Morgan fingerprint density at radius 1 is 1.37 bits per heavy atom. The van der Waals surface area contributed by atoms with E-state index < -0.39 is 5.54 Å². The molecule has 2 rings (SSSR count). The standard InChI is InChI=1S/C15H21BrN2O/c1-11-5-4-9-15(10-8-11,14(17)19)18-13-7-3-2-6-12(13)16/h2-3,6-7,11,18H,4-5,8-10H2,1H3,(H2,17,19). The summed E-state index contributed by atoms with van der Waals surface area (Å²) in [5.41, 5.74) is 6.04. The molecule has 19 heavy (non-hydrogen) atoms. The molecule has 0 heterocycles. The summed E-state index contributed by atoms with van der Waals surface area (Å²) >= 11 is 3.51. The smallest absolute Gasteiger partial charge is 0.243 e. The number of carbonyl (C=O) groups excluding carboxylic acids is 1. The number of hydrogen-bond donors (Lipinski definition) is 2. The Bertz CT molecular complexity index is 463. The first-order valence-corrected chi connectivity index (χ1v) is 7.65. The predicted octanol–water partition coefficient (Wildman–Crippen LogP) is 3.69. The number of nitrogens with one attached hydrogen (secondary N) is 1. The lowest BCUT2D eigenvalue weighted by Gasteiger charge is -2.32. The number of hydrogen-bond acceptors (Lipinski definition) is 2. The highest BCUT2D eigenvalue weighted by Crippen LogP contribution is 2.34. The molecule has 4 heteroatoms. The third-order valence-electron chi connectivity index (χ3n) is 4.08. The topological polar surface area (TPSA) is 55.1 Å². The third kappa shape index (κ3) is 3.30. The molecule has 0 bridgehead atoms. The summed E-state index contributed by atoms with van der Waals surface area (Å²) in [5, 5.41) is 3.40. The molecule has 104 valence electrons. The van der Waals surface area contributed by atoms with Crippen molar-refractivity contribution >= 4 is 27.5 Å². The SMILES string of the molecule is CC1CCCC(Nc2ccccc2Br)(C(N)=O)CC1. The van der Waals surface area contributed by atoms with Gasteiger partial charge in [-0.1, -0.05) is 31.9 Å². The molecule has 0 spiro atoms. The normalized spacial score (nSPS) is 27.6. The van der Waals surface area contributed by atoms with Gasteiger partial charge in [-0.05, 0) is 53.2 Å². The number of benzene rings is 1. The second kappa shape index (κ2) is 5.95. The molecule has 0 radical (unpaired) electrons. The first-order chi connectivity index (χ1) is 9.03. The Balaban J connectivity index is 2.25. The number of carbonyl (C=O) groups is 1. The summed E-state index contributed by atoms with van der Waals surface area (Å²) in [5.74, 6) is 0.430. The highest BCUT2D eigenvalue weighted by atomic mass is 79.9. The van der Waals surface area contributed by atoms with Crippen molar-refractivity contribution in [3.05, 3.63) is 28.7 Å². The maximum Gasteiger partial charge on any atom is 0.243 e. The molecule has 2 unspecified atom stereocenters. The van der Waals surface area contributed by atoms with Crippen LogP contribution in [-0.4, -0.2) is 11.4 Å². The van der Waals surface area contributed by atoms with E-state index in [1.807, 2.05) is 24.3 Å². The molecule has 3 N–H and O–H groups in total. The summed E-state index contributed by atoms with van der Waals surface area (Å²) in [4.78, 5) is 12.0. The highest BCUT2D eigenvalue weighted by Gasteiger charge is 2.38. The molecule has 1 aromatic rings. The van der Waals surface area contributed by atoms with Crippen molar-refractivity contribution in [2.24, 2.45) is 11.7 Å². The molecular formula is C15H21BrN2O. The Morgan fingerprint density at radius 3 is 2.79 bits per heavy atom. The lowest BCUT2D eigenvalue weighted by Crippen LogP contribution is -2.50. The van der Waals surface area contributed by atoms with E-state index in [0.29, 0.717) is 5.92 Å². The Hall–Kier alpha value is -1.03. The Morgan fingerprint density at radius 2 is 2.11 bits per heavy atom. The van der Waals surface area contributed by atoms with Gasteiger partial charge in [-0.3, -0.25) is 4.79 Å². The quantitative estimate of drug-likeness (QED) is 0.833. The lowest BCUT2D eigenvalue weighted by atomic mass is 9.88. The van der Waals surface area contributed by atoms with Crippen LogP contribution in [0.5, 0.6) is 0 Å². The fourth-order valence-electron chi connectivity index (χ4n) is 2.77. The van der Waals surface area contributed by atoms with Crippen molar-refractivity contribution in [1.29, 1.82) is 0 Å². The summed E-state index contributed by atoms with van der Waals surface area (Å²) in [6.07, 6.45) is 4.88. The first-order valence-electron chi connectivity index (χ1n) is 6.86. The fraction of sp³-hybridized carbons (Fsp3) is 0.533. The van der Waals surface area contributed by atoms with Crippen molar-refractivity contribution in [3.63, 3.8) is 0 Å². The van der Waals surface area contributed by atoms with Gasteiger partial charge in [0.1, 0.15) is 5.54 Å². The van der Waals surface area contributed by atoms with Gasteiger partial charge in [-0.2, -0.15) is 0 Å². The molecule has 3 nitrogen and oxygen atoms in total. The highest BCUT2D eigenvalue weighted by molar-refractivity contribution is 9.10. The van der Waals surface area contributed by atoms with Gasteiger partial charge >= 0.3 is 0 Å². The average molecular weight is 325 g/mol. The number of primary amides is 1. The molecule has 1 fully saturated rings. The van der Waals surface area contributed by atoms with Gasteiger partial charge in [0.2, 0.25) is 5.91 Å². The molecule has 1 aliphatic rings. The van der Waals surface area contributed by atoms with Crippen LogP contribution in [0.25, 0.3) is 0 Å². The van der Waals surface area contributed by atoms with E-state index in [4.69, 9.17) is 5.73 Å². The molecule has 1 aliphatic carbocycles. The van der Waals surface area contributed by atoms with Crippen LogP contribution < -0.4 is 11.1 Å². The van der Waals surface area contributed by atoms with Gasteiger partial charge in [-0.15, -0.1) is 0 Å². The molecule has 0 aliphatic heterocycles. The van der Waals surface area contributed by atoms with Crippen LogP contribution in [0.1, 0.15) is 39.0 Å². The predicted molar refractivity (Wildman–Crippen MR) is 81.9 cm³/mol. The van der Waals surface area contributed by atoms with E-state index >= 15 is 0 Å². The van der Waals surface area contributed by atoms with Crippen LogP contribution in [0, 0.1) is 5.92 Å². The van der Waals surface area contributed by atoms with E-state index in [1.54, 1.807) is 0 Å². The van der Waals surface area contributed by atoms with Crippen molar-refractivity contribution in [1.82, 2.24) is 0 Å². The maximum absolute atomic E-state index is 12.0. The molecule has 1 aromatic carbocycles. The summed E-state index contributed by atoms with van der Waals surface area (Å²) < 4.78 is 0.966. The Kier molecular flexibility index (Phi) is 4.50. The van der Waals surface area contributed by atoms with Crippen molar-refractivity contribution in [3.8, 4) is 0 Å². The third-order valence-corrected chi connectivity index (χ3v) is 4.78. The van der Waals surface area contributed by atoms with Crippen molar-refractivity contribution in [2.75, 3.05) is 5.32 Å². The molecule has 0 saturated heterocycles. The minimum atomic E-state index is -0.603. The number of amides is 1. The van der Waals surface area contributed by atoms with Crippen LogP contribution in [0.15, 0.2) is 28.7 Å². The zero-order valence-corrected chi connectivity index (χ0v) is 12.9. The van der Waals surface area contributed by atoms with Crippen molar-refractivity contribution in [2.45, 2.75) is 44.6 Å². The minimum Gasteiger partial charge on any atom is -0.370 e. The van der Waals surface area contributed by atoms with Gasteiger partial charge < -0.3 is 11.1 Å². The Labute approximate surface area is 123 Å². The first kappa shape index (κ1) is 14.4. The summed E-state index contributed by atoms with van der Waals surface area (Å²) in [7, 11) is 0. The van der Waals surface area contributed by atoms with E-state index in [-0.39, 0.29) is 5.91 Å². The largest absolute Gasteiger partial charge is 0.370 e. The van der Waals surface area contributed by atoms with Gasteiger partial charge in [0.25, 0.3) is 0 Å². The van der Waals surface area contributed by atoms with Crippen LogP contribution >= 0.6 is 15.9 Å². The minimum absolute atomic E-state index is 0.239. The van der Waals surface area contributed by atoms with Crippen molar-refractivity contribution < 1.29 is 4.79 Å². The maximum atomic E-state index is 12.0. The van der Waals surface area contributed by atoms with Gasteiger partial charge in [0.05, 0.1) is 0 Å². The number of rotatable bonds is 3. The van der Waals surface area contributed by atoms with E-state index in [9.17, 15) is 4.79 Å².